The van der Waals surface area contributed by atoms with E-state index in [2.05, 4.69) is 15.8 Å². The Morgan fingerprint density at radius 3 is 2.67 bits per heavy atom. The second-order valence-electron chi connectivity index (χ2n) is 3.41. The molecule has 5 nitrogen and oxygen atoms in total. The molecule has 1 heterocycles. The average Bonchev–Trinajstić information content (AvgIpc) is 2.27. The van der Waals surface area contributed by atoms with Crippen LogP contribution in [0.5, 0.6) is 0 Å². The van der Waals surface area contributed by atoms with Crippen LogP contribution in [0.2, 0.25) is 0 Å². The Morgan fingerprint density at radius 1 is 1.47 bits per heavy atom. The molecule has 0 unspecified atom stereocenters. The van der Waals surface area contributed by atoms with Crippen LogP contribution in [0.25, 0.3) is 0 Å². The van der Waals surface area contributed by atoms with E-state index < -0.39 is 0 Å². The van der Waals surface area contributed by atoms with Crippen molar-refractivity contribution in [3.05, 3.63) is 11.6 Å². The molecule has 2 N–H and O–H groups in total. The number of hydrazine groups is 1. The van der Waals surface area contributed by atoms with Crippen molar-refractivity contribution in [2.45, 2.75) is 6.92 Å². The Kier molecular flexibility index (Phi) is 5.31. The van der Waals surface area contributed by atoms with Gasteiger partial charge in [-0.25, -0.2) is 5.43 Å². The summed E-state index contributed by atoms with van der Waals surface area (Å²) in [7, 11) is 1.68. The zero-order chi connectivity index (χ0) is 11.1. The van der Waals surface area contributed by atoms with Crippen LogP contribution in [-0.2, 0) is 9.53 Å². The molecule has 0 radical (unpaired) electrons. The van der Waals surface area contributed by atoms with Crippen molar-refractivity contribution < 1.29 is 9.53 Å². The molecular formula is C10H19N3O2. The molecule has 0 bridgehead atoms. The number of amides is 1. The van der Waals surface area contributed by atoms with Crippen LogP contribution in [0.4, 0.5) is 0 Å². The molecule has 1 aliphatic rings. The van der Waals surface area contributed by atoms with Gasteiger partial charge in [0.05, 0.1) is 13.2 Å². The summed E-state index contributed by atoms with van der Waals surface area (Å²) in [6.45, 7) is 5.86. The molecule has 0 aliphatic carbocycles. The molecular weight excluding hydrogens is 194 g/mol. The number of allylic oxidation sites excluding steroid dienone is 1. The van der Waals surface area contributed by atoms with Crippen molar-refractivity contribution in [1.29, 1.82) is 0 Å². The normalized spacial score (nSPS) is 18.9. The minimum atomic E-state index is -0.0634. The van der Waals surface area contributed by atoms with Crippen molar-refractivity contribution in [1.82, 2.24) is 15.8 Å². The highest BCUT2D eigenvalue weighted by Crippen LogP contribution is 2.02. The molecule has 0 spiro atoms. The maximum Gasteiger partial charge on any atom is 0.262 e. The standard InChI is InChI=1S/C10H19N3O2/c1-3-9(10(14)12-11-2)8-13-4-6-15-7-5-13/h3,11H,4-8H2,1-2H3,(H,12,14)/b9-3+. The van der Waals surface area contributed by atoms with E-state index in [1.165, 1.54) is 0 Å². The molecule has 0 atom stereocenters. The Morgan fingerprint density at radius 2 is 2.13 bits per heavy atom. The van der Waals surface area contributed by atoms with Gasteiger partial charge < -0.3 is 4.74 Å². The zero-order valence-corrected chi connectivity index (χ0v) is 9.38. The summed E-state index contributed by atoms with van der Waals surface area (Å²) >= 11 is 0. The minimum Gasteiger partial charge on any atom is -0.379 e. The monoisotopic (exact) mass is 213 g/mol. The molecule has 5 heteroatoms. The smallest absolute Gasteiger partial charge is 0.262 e. The predicted molar refractivity (Wildman–Crippen MR) is 58.2 cm³/mol. The summed E-state index contributed by atoms with van der Waals surface area (Å²) in [5.41, 5.74) is 5.99. The third-order valence-corrected chi connectivity index (χ3v) is 2.38. The SMILES string of the molecule is C/C=C(\CN1CCOCC1)C(=O)NNC. The highest BCUT2D eigenvalue weighted by atomic mass is 16.5. The summed E-state index contributed by atoms with van der Waals surface area (Å²) in [5, 5.41) is 0. The van der Waals surface area contributed by atoms with E-state index in [-0.39, 0.29) is 5.91 Å². The molecule has 1 aliphatic heterocycles. The first-order chi connectivity index (χ1) is 7.27. The van der Waals surface area contributed by atoms with Gasteiger partial charge in [0.15, 0.2) is 0 Å². The van der Waals surface area contributed by atoms with Gasteiger partial charge in [0.25, 0.3) is 5.91 Å². The summed E-state index contributed by atoms with van der Waals surface area (Å²) < 4.78 is 5.25. The maximum atomic E-state index is 11.5. The van der Waals surface area contributed by atoms with Crippen LogP contribution in [0, 0.1) is 0 Å². The molecule has 1 saturated heterocycles. The Hall–Kier alpha value is -0.910. The first-order valence-electron chi connectivity index (χ1n) is 5.20. The highest BCUT2D eigenvalue weighted by molar-refractivity contribution is 5.93. The van der Waals surface area contributed by atoms with Gasteiger partial charge >= 0.3 is 0 Å². The molecule has 1 amide bonds. The molecule has 0 aromatic carbocycles. The second kappa shape index (κ2) is 6.55. The van der Waals surface area contributed by atoms with Crippen molar-refractivity contribution in [3.63, 3.8) is 0 Å². The van der Waals surface area contributed by atoms with Gasteiger partial charge in [-0.2, -0.15) is 0 Å². The highest BCUT2D eigenvalue weighted by Gasteiger charge is 2.15. The first-order valence-corrected chi connectivity index (χ1v) is 5.20. The number of hydrogen-bond donors (Lipinski definition) is 2. The van der Waals surface area contributed by atoms with Gasteiger partial charge in [-0.15, -0.1) is 0 Å². The number of carbonyl (C=O) groups is 1. The Labute approximate surface area is 90.4 Å². The number of nitrogens with one attached hydrogen (secondary N) is 2. The van der Waals surface area contributed by atoms with E-state index in [9.17, 15) is 4.79 Å². The average molecular weight is 213 g/mol. The van der Waals surface area contributed by atoms with Crippen LogP contribution < -0.4 is 10.9 Å². The van der Waals surface area contributed by atoms with E-state index in [1.807, 2.05) is 13.0 Å². The lowest BCUT2D eigenvalue weighted by molar-refractivity contribution is -0.118. The molecule has 0 saturated carbocycles. The first kappa shape index (κ1) is 12.2. The summed E-state index contributed by atoms with van der Waals surface area (Å²) in [5.74, 6) is -0.0634. The fourth-order valence-electron chi connectivity index (χ4n) is 1.49. The largest absolute Gasteiger partial charge is 0.379 e. The molecule has 1 fully saturated rings. The van der Waals surface area contributed by atoms with E-state index in [0.717, 1.165) is 31.9 Å². The number of rotatable bonds is 4. The van der Waals surface area contributed by atoms with Crippen molar-refractivity contribution >= 4 is 5.91 Å². The van der Waals surface area contributed by atoms with E-state index in [1.54, 1.807) is 7.05 Å². The van der Waals surface area contributed by atoms with E-state index in [4.69, 9.17) is 4.74 Å². The lowest BCUT2D eigenvalue weighted by atomic mass is 10.2. The van der Waals surface area contributed by atoms with Crippen LogP contribution in [0.3, 0.4) is 0 Å². The van der Waals surface area contributed by atoms with Crippen LogP contribution >= 0.6 is 0 Å². The number of nitrogens with zero attached hydrogens (tertiary/aromatic N) is 1. The lowest BCUT2D eigenvalue weighted by Gasteiger charge is -2.27. The minimum absolute atomic E-state index is 0.0634. The van der Waals surface area contributed by atoms with Crippen LogP contribution in [-0.4, -0.2) is 50.7 Å². The van der Waals surface area contributed by atoms with Crippen molar-refractivity contribution in [2.75, 3.05) is 39.9 Å². The Bertz CT molecular complexity index is 235. The van der Waals surface area contributed by atoms with Crippen molar-refractivity contribution in [2.24, 2.45) is 0 Å². The van der Waals surface area contributed by atoms with Crippen molar-refractivity contribution in [3.8, 4) is 0 Å². The van der Waals surface area contributed by atoms with E-state index in [0.29, 0.717) is 6.54 Å². The molecule has 0 aromatic rings. The van der Waals surface area contributed by atoms with Gasteiger partial charge in [-0.05, 0) is 6.92 Å². The number of ether oxygens (including phenoxy) is 1. The molecule has 15 heavy (non-hydrogen) atoms. The fourth-order valence-corrected chi connectivity index (χ4v) is 1.49. The molecule has 86 valence electrons. The summed E-state index contributed by atoms with van der Waals surface area (Å²) in [6.07, 6.45) is 1.85. The number of morpholine rings is 1. The zero-order valence-electron chi connectivity index (χ0n) is 9.38. The van der Waals surface area contributed by atoms with Gasteiger partial charge in [-0.3, -0.25) is 15.1 Å². The predicted octanol–water partition coefficient (Wildman–Crippen LogP) is -0.484. The number of hydrogen-bond acceptors (Lipinski definition) is 4. The van der Waals surface area contributed by atoms with Gasteiger partial charge in [0, 0.05) is 32.3 Å². The Balaban J connectivity index is 2.42. The van der Waals surface area contributed by atoms with Crippen LogP contribution in [0.1, 0.15) is 6.92 Å². The second-order valence-corrected chi connectivity index (χ2v) is 3.41. The van der Waals surface area contributed by atoms with Gasteiger partial charge in [-0.1, -0.05) is 6.08 Å². The van der Waals surface area contributed by atoms with Gasteiger partial charge in [0.2, 0.25) is 0 Å². The summed E-state index contributed by atoms with van der Waals surface area (Å²) in [6, 6.07) is 0. The fraction of sp³-hybridized carbons (Fsp3) is 0.700. The lowest BCUT2D eigenvalue weighted by Crippen LogP contribution is -2.42. The maximum absolute atomic E-state index is 11.5. The quantitative estimate of drug-likeness (QED) is 0.489. The molecule has 1 rings (SSSR count). The van der Waals surface area contributed by atoms with Crippen LogP contribution in [0.15, 0.2) is 11.6 Å². The third-order valence-electron chi connectivity index (χ3n) is 2.38. The number of carbonyl (C=O) groups excluding carboxylic acids is 1. The summed E-state index contributed by atoms with van der Waals surface area (Å²) in [4.78, 5) is 13.8. The molecule has 0 aromatic heterocycles. The van der Waals surface area contributed by atoms with E-state index >= 15 is 0 Å². The topological polar surface area (TPSA) is 53.6 Å². The third kappa shape index (κ3) is 3.99. The van der Waals surface area contributed by atoms with Gasteiger partial charge in [0.1, 0.15) is 0 Å².